The third-order valence-electron chi connectivity index (χ3n) is 3.50. The number of imidazole rings is 1. The molecular weight excluding hydrogens is 286 g/mol. The van der Waals surface area contributed by atoms with E-state index < -0.39 is 0 Å². The number of rotatable bonds is 4. The van der Waals surface area contributed by atoms with Gasteiger partial charge in [0.2, 0.25) is 5.95 Å². The molecule has 2 heterocycles. The Morgan fingerprint density at radius 3 is 3.14 bits per heavy atom. The second-order valence-electron chi connectivity index (χ2n) is 5.67. The number of nitrogens with one attached hydrogen (secondary N) is 1. The molecule has 2 aromatic heterocycles. The normalized spacial score (nSPS) is 19.0. The van der Waals surface area contributed by atoms with Gasteiger partial charge in [-0.15, -0.1) is 0 Å². The van der Waals surface area contributed by atoms with Crippen molar-refractivity contribution in [2.75, 3.05) is 12.3 Å². The summed E-state index contributed by atoms with van der Waals surface area (Å²) in [7, 11) is 0. The molecule has 1 saturated carbocycles. The van der Waals surface area contributed by atoms with Gasteiger partial charge in [0.25, 0.3) is 5.56 Å². The maximum absolute atomic E-state index is 11.7. The van der Waals surface area contributed by atoms with Gasteiger partial charge in [-0.1, -0.05) is 13.8 Å². The fraction of sp³-hybridized carbons (Fsp3) is 0.429. The summed E-state index contributed by atoms with van der Waals surface area (Å²) in [6.07, 6.45) is 4.23. The second kappa shape index (κ2) is 5.28. The molecule has 1 atom stereocenters. The van der Waals surface area contributed by atoms with Crippen molar-refractivity contribution in [3.63, 3.8) is 0 Å². The molecule has 1 fully saturated rings. The average Bonchev–Trinajstić information content (AvgIpc) is 3.07. The molecule has 116 valence electrons. The predicted molar refractivity (Wildman–Crippen MR) is 80.7 cm³/mol. The van der Waals surface area contributed by atoms with E-state index in [4.69, 9.17) is 10.5 Å². The Labute approximate surface area is 126 Å². The number of carbonyl (C=O) groups is 1. The van der Waals surface area contributed by atoms with Crippen molar-refractivity contribution in [3.05, 3.63) is 22.3 Å². The molecule has 22 heavy (non-hydrogen) atoms. The Morgan fingerprint density at radius 1 is 1.64 bits per heavy atom. The quantitative estimate of drug-likeness (QED) is 0.806. The smallest absolute Gasteiger partial charge is 0.308 e. The highest BCUT2D eigenvalue weighted by Crippen LogP contribution is 2.38. The highest BCUT2D eigenvalue weighted by molar-refractivity contribution is 5.73. The Morgan fingerprint density at radius 2 is 2.41 bits per heavy atom. The molecule has 2 aromatic rings. The molecule has 3 rings (SSSR count). The number of fused-ring (bicyclic) bond motifs is 1. The highest BCUT2D eigenvalue weighted by atomic mass is 16.5. The van der Waals surface area contributed by atoms with Gasteiger partial charge >= 0.3 is 5.97 Å². The molecule has 0 bridgehead atoms. The van der Waals surface area contributed by atoms with Crippen molar-refractivity contribution >= 4 is 29.3 Å². The summed E-state index contributed by atoms with van der Waals surface area (Å²) in [6.45, 7) is 3.99. The third-order valence-corrected chi connectivity index (χ3v) is 3.50. The molecule has 1 unspecified atom stereocenters. The van der Waals surface area contributed by atoms with Crippen LogP contribution in [-0.2, 0) is 9.53 Å². The minimum Gasteiger partial charge on any atom is -0.465 e. The zero-order chi connectivity index (χ0) is 15.9. The predicted octanol–water partition coefficient (Wildman–Crippen LogP) is 0.762. The van der Waals surface area contributed by atoms with Gasteiger partial charge in [-0.2, -0.15) is 4.98 Å². The largest absolute Gasteiger partial charge is 0.465 e. The van der Waals surface area contributed by atoms with Crippen LogP contribution in [-0.4, -0.2) is 32.1 Å². The van der Waals surface area contributed by atoms with Crippen LogP contribution in [0.15, 0.2) is 16.7 Å². The van der Waals surface area contributed by atoms with Crippen LogP contribution >= 0.6 is 0 Å². The van der Waals surface area contributed by atoms with Gasteiger partial charge in [-0.25, -0.2) is 4.98 Å². The Kier molecular flexibility index (Phi) is 3.44. The van der Waals surface area contributed by atoms with E-state index in [0.717, 1.165) is 12.0 Å². The summed E-state index contributed by atoms with van der Waals surface area (Å²) >= 11 is 0. The SMILES string of the molecule is CC(C)C(=O)OCC1C/C1=C/n1cnc2c(=O)[nH]c(N)nc21. The van der Waals surface area contributed by atoms with E-state index in [1.807, 2.05) is 6.20 Å². The Balaban J connectivity index is 1.75. The fourth-order valence-corrected chi connectivity index (χ4v) is 2.12. The first kappa shape index (κ1) is 14.3. The summed E-state index contributed by atoms with van der Waals surface area (Å²) in [5.41, 5.74) is 6.97. The van der Waals surface area contributed by atoms with Crippen LogP contribution in [0.25, 0.3) is 17.4 Å². The first-order valence-corrected chi connectivity index (χ1v) is 7.05. The van der Waals surface area contributed by atoms with E-state index >= 15 is 0 Å². The first-order valence-electron chi connectivity index (χ1n) is 7.05. The van der Waals surface area contributed by atoms with Crippen molar-refractivity contribution in [2.24, 2.45) is 11.8 Å². The van der Waals surface area contributed by atoms with E-state index in [1.54, 1.807) is 18.4 Å². The lowest BCUT2D eigenvalue weighted by Crippen LogP contribution is -2.13. The number of anilines is 1. The lowest BCUT2D eigenvalue weighted by molar-refractivity contribution is -0.147. The number of carbonyl (C=O) groups excluding carboxylic acids is 1. The van der Waals surface area contributed by atoms with Crippen LogP contribution in [0.1, 0.15) is 20.3 Å². The molecule has 0 radical (unpaired) electrons. The summed E-state index contributed by atoms with van der Waals surface area (Å²) in [4.78, 5) is 33.7. The number of esters is 1. The molecule has 8 heteroatoms. The summed E-state index contributed by atoms with van der Waals surface area (Å²) in [5, 5.41) is 0. The molecule has 3 N–H and O–H groups in total. The van der Waals surface area contributed by atoms with Crippen LogP contribution in [0.4, 0.5) is 5.95 Å². The number of aromatic nitrogens is 4. The Bertz CT molecular complexity index is 817. The zero-order valence-corrected chi connectivity index (χ0v) is 12.4. The molecule has 0 amide bonds. The van der Waals surface area contributed by atoms with Crippen molar-refractivity contribution in [1.82, 2.24) is 19.5 Å². The maximum Gasteiger partial charge on any atom is 0.308 e. The van der Waals surface area contributed by atoms with Crippen molar-refractivity contribution in [2.45, 2.75) is 20.3 Å². The van der Waals surface area contributed by atoms with E-state index in [-0.39, 0.29) is 34.8 Å². The van der Waals surface area contributed by atoms with Gasteiger partial charge < -0.3 is 10.5 Å². The average molecular weight is 303 g/mol. The topological polar surface area (TPSA) is 116 Å². The standard InChI is InChI=1S/C14H17N5O3/c1-7(2)13(21)22-5-9-3-8(9)4-19-6-16-10-11(19)17-14(15)18-12(10)20/h4,6-7,9H,3,5H2,1-2H3,(H3,15,17,18,20)/b8-4-. The monoisotopic (exact) mass is 303 g/mol. The second-order valence-corrected chi connectivity index (χ2v) is 5.67. The first-order chi connectivity index (χ1) is 10.5. The Hall–Kier alpha value is -2.64. The highest BCUT2D eigenvalue weighted by Gasteiger charge is 2.31. The molecule has 0 saturated heterocycles. The zero-order valence-electron chi connectivity index (χ0n) is 12.4. The number of nitrogens with two attached hydrogens (primary N) is 1. The number of hydrogen-bond acceptors (Lipinski definition) is 6. The van der Waals surface area contributed by atoms with Gasteiger partial charge in [0.05, 0.1) is 12.5 Å². The van der Waals surface area contributed by atoms with E-state index in [1.165, 1.54) is 6.33 Å². The minimum absolute atomic E-state index is 0.0517. The van der Waals surface area contributed by atoms with E-state index in [2.05, 4.69) is 15.0 Å². The number of aromatic amines is 1. The van der Waals surface area contributed by atoms with Gasteiger partial charge in [0, 0.05) is 12.1 Å². The summed E-state index contributed by atoms with van der Waals surface area (Å²) in [6, 6.07) is 0. The maximum atomic E-state index is 11.7. The number of nitrogen functional groups attached to an aromatic ring is 1. The van der Waals surface area contributed by atoms with Crippen LogP contribution in [0.2, 0.25) is 0 Å². The van der Waals surface area contributed by atoms with Crippen LogP contribution in [0.5, 0.6) is 0 Å². The van der Waals surface area contributed by atoms with Crippen LogP contribution < -0.4 is 11.3 Å². The van der Waals surface area contributed by atoms with E-state index in [0.29, 0.717) is 12.3 Å². The molecule has 1 aliphatic rings. The van der Waals surface area contributed by atoms with Crippen molar-refractivity contribution < 1.29 is 9.53 Å². The molecular formula is C14H17N5O3. The molecule has 8 nitrogen and oxygen atoms in total. The van der Waals surface area contributed by atoms with Crippen molar-refractivity contribution in [1.29, 1.82) is 0 Å². The van der Waals surface area contributed by atoms with Gasteiger partial charge in [0.15, 0.2) is 11.2 Å². The fourth-order valence-electron chi connectivity index (χ4n) is 2.12. The van der Waals surface area contributed by atoms with Crippen molar-refractivity contribution in [3.8, 4) is 0 Å². The van der Waals surface area contributed by atoms with Gasteiger partial charge in [0.1, 0.15) is 6.33 Å². The lowest BCUT2D eigenvalue weighted by atomic mass is 10.2. The number of nitrogens with zero attached hydrogens (tertiary/aromatic N) is 3. The molecule has 1 aliphatic carbocycles. The molecule has 0 aliphatic heterocycles. The van der Waals surface area contributed by atoms with Gasteiger partial charge in [-0.3, -0.25) is 19.1 Å². The summed E-state index contributed by atoms with van der Waals surface area (Å²) < 4.78 is 6.87. The minimum atomic E-state index is -0.363. The molecule has 0 aromatic carbocycles. The number of H-pyrrole nitrogens is 1. The lowest BCUT2D eigenvalue weighted by Gasteiger charge is -2.05. The number of hydrogen-bond donors (Lipinski definition) is 2. The third kappa shape index (κ3) is 2.72. The summed E-state index contributed by atoms with van der Waals surface area (Å²) in [5.74, 6) is -0.0432. The number of ether oxygens (including phenoxy) is 1. The molecule has 0 spiro atoms. The van der Waals surface area contributed by atoms with Crippen LogP contribution in [0.3, 0.4) is 0 Å². The van der Waals surface area contributed by atoms with E-state index in [9.17, 15) is 9.59 Å². The van der Waals surface area contributed by atoms with Crippen LogP contribution in [0, 0.1) is 11.8 Å². The van der Waals surface area contributed by atoms with Gasteiger partial charge in [-0.05, 0) is 12.0 Å².